The van der Waals surface area contributed by atoms with Gasteiger partial charge in [-0.25, -0.2) is 8.42 Å². The largest absolute Gasteiger partial charge is 0.462 e. The van der Waals surface area contributed by atoms with E-state index in [2.05, 4.69) is 0 Å². The third-order valence-corrected chi connectivity index (χ3v) is 5.88. The summed E-state index contributed by atoms with van der Waals surface area (Å²) in [5.74, 6) is -2.35. The monoisotopic (exact) mass is 374 g/mol. The van der Waals surface area contributed by atoms with Crippen molar-refractivity contribution in [1.29, 1.82) is 0 Å². The second-order valence-corrected chi connectivity index (χ2v) is 8.28. The van der Waals surface area contributed by atoms with Gasteiger partial charge in [-0.15, -0.1) is 0 Å². The Hall–Kier alpha value is -2.47. The normalized spacial score (nSPS) is 13.7. The molecule has 0 heterocycles. The van der Waals surface area contributed by atoms with Gasteiger partial charge in [0.15, 0.2) is 15.6 Å². The molecule has 0 N–H and O–H groups in total. The van der Waals surface area contributed by atoms with Gasteiger partial charge in [0.2, 0.25) is 0 Å². The van der Waals surface area contributed by atoms with Crippen LogP contribution in [-0.4, -0.2) is 32.0 Å². The van der Waals surface area contributed by atoms with E-state index in [1.807, 2.05) is 6.92 Å². The summed E-state index contributed by atoms with van der Waals surface area (Å²) in [6, 6.07) is 14.9. The minimum Gasteiger partial charge on any atom is -0.462 e. The Kier molecular flexibility index (Phi) is 6.32. The Morgan fingerprint density at radius 2 is 1.58 bits per heavy atom. The summed E-state index contributed by atoms with van der Waals surface area (Å²) in [4.78, 5) is 24.3. The Labute approximate surface area is 153 Å². The number of benzene rings is 2. The SMILES string of the molecule is CC(=O)O[C@@H](C)[C@H](CS(=O)(=O)c1ccc(C)cc1)C(=O)c1ccccc1. The van der Waals surface area contributed by atoms with Crippen LogP contribution in [0.4, 0.5) is 0 Å². The molecule has 0 aliphatic carbocycles. The molecule has 0 amide bonds. The first-order chi connectivity index (χ1) is 12.2. The predicted octanol–water partition coefficient (Wildman–Crippen LogP) is 3.22. The fraction of sp³-hybridized carbons (Fsp3) is 0.300. The maximum absolute atomic E-state index is 12.9. The van der Waals surface area contributed by atoms with Gasteiger partial charge in [-0.05, 0) is 26.0 Å². The number of carbonyl (C=O) groups is 2. The molecule has 138 valence electrons. The average molecular weight is 374 g/mol. The molecule has 0 unspecified atom stereocenters. The highest BCUT2D eigenvalue weighted by Crippen LogP contribution is 2.22. The van der Waals surface area contributed by atoms with Crippen molar-refractivity contribution in [2.75, 3.05) is 5.75 Å². The lowest BCUT2D eigenvalue weighted by Gasteiger charge is -2.22. The lowest BCUT2D eigenvalue weighted by atomic mass is 9.95. The van der Waals surface area contributed by atoms with Crippen LogP contribution in [0.3, 0.4) is 0 Å². The zero-order valence-electron chi connectivity index (χ0n) is 15.0. The van der Waals surface area contributed by atoms with Gasteiger partial charge in [0.05, 0.1) is 16.6 Å². The molecular formula is C20H22O5S. The first-order valence-electron chi connectivity index (χ1n) is 8.26. The summed E-state index contributed by atoms with van der Waals surface area (Å²) < 4.78 is 30.7. The number of esters is 1. The number of hydrogen-bond donors (Lipinski definition) is 0. The van der Waals surface area contributed by atoms with E-state index in [1.165, 1.54) is 26.0 Å². The van der Waals surface area contributed by atoms with Crippen molar-refractivity contribution in [1.82, 2.24) is 0 Å². The molecule has 5 nitrogen and oxygen atoms in total. The lowest BCUT2D eigenvalue weighted by molar-refractivity contribution is -0.146. The molecule has 6 heteroatoms. The Morgan fingerprint density at radius 3 is 2.12 bits per heavy atom. The summed E-state index contributed by atoms with van der Waals surface area (Å²) in [6.45, 7) is 4.63. The van der Waals surface area contributed by atoms with Crippen LogP contribution in [-0.2, 0) is 19.4 Å². The summed E-state index contributed by atoms with van der Waals surface area (Å²) in [7, 11) is -3.72. The van der Waals surface area contributed by atoms with Crippen molar-refractivity contribution < 1.29 is 22.7 Å². The number of Topliss-reactive ketones (excluding diaryl/α,β-unsaturated/α-hetero) is 1. The van der Waals surface area contributed by atoms with E-state index in [0.29, 0.717) is 5.56 Å². The molecule has 0 saturated carbocycles. The van der Waals surface area contributed by atoms with Gasteiger partial charge in [-0.1, -0.05) is 48.0 Å². The fourth-order valence-electron chi connectivity index (χ4n) is 2.66. The molecule has 2 rings (SSSR count). The van der Waals surface area contributed by atoms with E-state index in [-0.39, 0.29) is 10.7 Å². The van der Waals surface area contributed by atoms with E-state index >= 15 is 0 Å². The van der Waals surface area contributed by atoms with Crippen molar-refractivity contribution in [3.8, 4) is 0 Å². The molecule has 0 saturated heterocycles. The zero-order valence-corrected chi connectivity index (χ0v) is 15.8. The maximum Gasteiger partial charge on any atom is 0.302 e. The van der Waals surface area contributed by atoms with Crippen LogP contribution >= 0.6 is 0 Å². The standard InChI is InChI=1S/C20H22O5S/c1-14-9-11-18(12-10-14)26(23,24)13-19(15(2)25-16(3)21)20(22)17-7-5-4-6-8-17/h4-12,15,19H,13H2,1-3H3/t15-,19-/m0/s1. The van der Waals surface area contributed by atoms with E-state index in [9.17, 15) is 18.0 Å². The number of rotatable bonds is 7. The van der Waals surface area contributed by atoms with Gasteiger partial charge < -0.3 is 4.74 Å². The number of aryl methyl sites for hydroxylation is 1. The number of ether oxygens (including phenoxy) is 1. The van der Waals surface area contributed by atoms with E-state index < -0.39 is 33.6 Å². The second-order valence-electron chi connectivity index (χ2n) is 6.25. The van der Waals surface area contributed by atoms with Gasteiger partial charge in [0.25, 0.3) is 0 Å². The van der Waals surface area contributed by atoms with E-state index in [0.717, 1.165) is 5.56 Å². The molecular weight excluding hydrogens is 352 g/mol. The smallest absolute Gasteiger partial charge is 0.302 e. The topological polar surface area (TPSA) is 77.5 Å². The van der Waals surface area contributed by atoms with Gasteiger partial charge in [0, 0.05) is 12.5 Å². The van der Waals surface area contributed by atoms with Crippen molar-refractivity contribution in [3.05, 3.63) is 65.7 Å². The highest BCUT2D eigenvalue weighted by Gasteiger charge is 2.33. The molecule has 26 heavy (non-hydrogen) atoms. The second kappa shape index (κ2) is 8.27. The van der Waals surface area contributed by atoms with Crippen LogP contribution in [0.15, 0.2) is 59.5 Å². The van der Waals surface area contributed by atoms with Crippen LogP contribution < -0.4 is 0 Å². The van der Waals surface area contributed by atoms with Crippen LogP contribution in [0.1, 0.15) is 29.8 Å². The number of carbonyl (C=O) groups excluding carboxylic acids is 2. The summed E-state index contributed by atoms with van der Waals surface area (Å²) in [5.41, 5.74) is 1.32. The predicted molar refractivity (Wildman–Crippen MR) is 98.7 cm³/mol. The zero-order chi connectivity index (χ0) is 19.3. The molecule has 0 radical (unpaired) electrons. The molecule has 0 aliphatic rings. The summed E-state index contributed by atoms with van der Waals surface area (Å²) in [6.07, 6.45) is -0.861. The molecule has 0 fully saturated rings. The van der Waals surface area contributed by atoms with Crippen molar-refractivity contribution >= 4 is 21.6 Å². The number of ketones is 1. The Bertz CT molecular complexity index is 870. The quantitative estimate of drug-likeness (QED) is 0.549. The van der Waals surface area contributed by atoms with Crippen LogP contribution in [0.5, 0.6) is 0 Å². The van der Waals surface area contributed by atoms with E-state index in [1.54, 1.807) is 42.5 Å². The average Bonchev–Trinajstić information content (AvgIpc) is 2.59. The highest BCUT2D eigenvalue weighted by molar-refractivity contribution is 7.91. The minimum atomic E-state index is -3.72. The molecule has 0 bridgehead atoms. The van der Waals surface area contributed by atoms with Gasteiger partial charge in [0.1, 0.15) is 6.10 Å². The first kappa shape index (κ1) is 19.8. The molecule has 2 aromatic carbocycles. The first-order valence-corrected chi connectivity index (χ1v) is 9.92. The van der Waals surface area contributed by atoms with Gasteiger partial charge >= 0.3 is 5.97 Å². The highest BCUT2D eigenvalue weighted by atomic mass is 32.2. The number of sulfone groups is 1. The Balaban J connectivity index is 2.35. The summed E-state index contributed by atoms with van der Waals surface area (Å²) >= 11 is 0. The third-order valence-electron chi connectivity index (χ3n) is 4.09. The minimum absolute atomic E-state index is 0.143. The molecule has 2 aromatic rings. The van der Waals surface area contributed by atoms with Crippen LogP contribution in [0, 0.1) is 12.8 Å². The number of hydrogen-bond acceptors (Lipinski definition) is 5. The van der Waals surface area contributed by atoms with E-state index in [4.69, 9.17) is 4.74 Å². The van der Waals surface area contributed by atoms with Crippen molar-refractivity contribution in [2.24, 2.45) is 5.92 Å². The molecule has 0 aromatic heterocycles. The van der Waals surface area contributed by atoms with Gasteiger partial charge in [-0.3, -0.25) is 9.59 Å². The molecule has 2 atom stereocenters. The maximum atomic E-state index is 12.9. The molecule has 0 spiro atoms. The summed E-state index contributed by atoms with van der Waals surface area (Å²) in [5, 5.41) is 0. The molecule has 0 aliphatic heterocycles. The lowest BCUT2D eigenvalue weighted by Crippen LogP contribution is -2.35. The Morgan fingerprint density at radius 1 is 1.00 bits per heavy atom. The third kappa shape index (κ3) is 5.02. The fourth-order valence-corrected chi connectivity index (χ4v) is 4.30. The van der Waals surface area contributed by atoms with Crippen molar-refractivity contribution in [2.45, 2.75) is 31.8 Å². The van der Waals surface area contributed by atoms with Crippen LogP contribution in [0.25, 0.3) is 0 Å². The van der Waals surface area contributed by atoms with Gasteiger partial charge in [-0.2, -0.15) is 0 Å². The van der Waals surface area contributed by atoms with Crippen molar-refractivity contribution in [3.63, 3.8) is 0 Å². The van der Waals surface area contributed by atoms with Crippen LogP contribution in [0.2, 0.25) is 0 Å².